The van der Waals surface area contributed by atoms with Crippen molar-refractivity contribution in [3.05, 3.63) is 59.7 Å². The van der Waals surface area contributed by atoms with Crippen molar-refractivity contribution in [3.63, 3.8) is 0 Å². The first kappa shape index (κ1) is 21.4. The van der Waals surface area contributed by atoms with E-state index in [2.05, 4.69) is 5.32 Å². The third kappa shape index (κ3) is 5.59. The monoisotopic (exact) mass is 409 g/mol. The van der Waals surface area contributed by atoms with Crippen LogP contribution in [0.3, 0.4) is 0 Å². The Balaban J connectivity index is 1.53. The molecule has 1 saturated heterocycles. The molecule has 3 amide bonds. The van der Waals surface area contributed by atoms with E-state index in [4.69, 9.17) is 4.74 Å². The molecule has 1 N–H and O–H groups in total. The van der Waals surface area contributed by atoms with Crippen LogP contribution in [0.4, 0.5) is 5.69 Å². The van der Waals surface area contributed by atoms with Gasteiger partial charge >= 0.3 is 0 Å². The smallest absolute Gasteiger partial charge is 0.254 e. The molecule has 1 aliphatic heterocycles. The van der Waals surface area contributed by atoms with Crippen molar-refractivity contribution in [1.82, 2.24) is 9.80 Å². The molecular weight excluding hydrogens is 382 g/mol. The van der Waals surface area contributed by atoms with Crippen molar-refractivity contribution >= 4 is 23.4 Å². The van der Waals surface area contributed by atoms with Gasteiger partial charge in [0.25, 0.3) is 5.91 Å². The summed E-state index contributed by atoms with van der Waals surface area (Å²) in [4.78, 5) is 40.2. The maximum Gasteiger partial charge on any atom is 0.254 e. The van der Waals surface area contributed by atoms with Gasteiger partial charge in [-0.05, 0) is 42.8 Å². The number of hydrogen-bond acceptors (Lipinski definition) is 4. The zero-order valence-electron chi connectivity index (χ0n) is 17.4. The minimum atomic E-state index is -0.181. The number of hydrogen-bond donors (Lipinski definition) is 1. The maximum atomic E-state index is 12.8. The van der Waals surface area contributed by atoms with Crippen LogP contribution in [0.15, 0.2) is 48.5 Å². The van der Waals surface area contributed by atoms with E-state index in [9.17, 15) is 14.4 Å². The number of piperazine rings is 1. The average Bonchev–Trinajstić information content (AvgIpc) is 2.74. The summed E-state index contributed by atoms with van der Waals surface area (Å²) in [7, 11) is 0. The highest BCUT2D eigenvalue weighted by molar-refractivity contribution is 5.97. The van der Waals surface area contributed by atoms with Gasteiger partial charge in [-0.3, -0.25) is 14.4 Å². The molecule has 2 aromatic carbocycles. The largest absolute Gasteiger partial charge is 0.494 e. The van der Waals surface area contributed by atoms with E-state index in [0.717, 1.165) is 11.3 Å². The fourth-order valence-corrected chi connectivity index (χ4v) is 3.43. The third-order valence-corrected chi connectivity index (χ3v) is 4.94. The number of anilines is 1. The van der Waals surface area contributed by atoms with Crippen LogP contribution in [0, 0.1) is 0 Å². The van der Waals surface area contributed by atoms with Crippen LogP contribution < -0.4 is 10.1 Å². The molecule has 0 unspecified atom stereocenters. The molecule has 0 spiro atoms. The van der Waals surface area contributed by atoms with Crippen LogP contribution in [0.2, 0.25) is 0 Å². The van der Waals surface area contributed by atoms with Gasteiger partial charge in [-0.15, -0.1) is 0 Å². The van der Waals surface area contributed by atoms with Crippen molar-refractivity contribution < 1.29 is 19.1 Å². The fourth-order valence-electron chi connectivity index (χ4n) is 3.43. The van der Waals surface area contributed by atoms with Crippen LogP contribution in [0.25, 0.3) is 0 Å². The summed E-state index contributed by atoms with van der Waals surface area (Å²) >= 11 is 0. The Kier molecular flexibility index (Phi) is 7.06. The number of benzene rings is 2. The van der Waals surface area contributed by atoms with Crippen molar-refractivity contribution in [3.8, 4) is 5.75 Å². The maximum absolute atomic E-state index is 12.8. The molecule has 7 nitrogen and oxygen atoms in total. The van der Waals surface area contributed by atoms with Gasteiger partial charge in [-0.2, -0.15) is 0 Å². The van der Waals surface area contributed by atoms with E-state index < -0.39 is 0 Å². The standard InChI is InChI=1S/C23H27N3O4/c1-3-30-21-9-7-18(8-10-21)15-22(28)25-11-13-26(14-12-25)23(29)19-5-4-6-20(16-19)24-17(2)27/h4-10,16H,3,11-15H2,1-2H3,(H,24,27). The SMILES string of the molecule is CCOc1ccc(CC(=O)N2CCN(C(=O)c3cccc(NC(C)=O)c3)CC2)cc1. The molecule has 0 atom stereocenters. The second-order valence-corrected chi connectivity index (χ2v) is 7.19. The number of carbonyl (C=O) groups excluding carboxylic acids is 3. The van der Waals surface area contributed by atoms with Gasteiger partial charge in [0.1, 0.15) is 5.75 Å². The number of nitrogens with one attached hydrogen (secondary N) is 1. The first-order valence-corrected chi connectivity index (χ1v) is 10.1. The molecule has 0 saturated carbocycles. The van der Waals surface area contributed by atoms with Gasteiger partial charge in [-0.1, -0.05) is 18.2 Å². The molecule has 0 aliphatic carbocycles. The van der Waals surface area contributed by atoms with Crippen LogP contribution in [0.1, 0.15) is 29.8 Å². The highest BCUT2D eigenvalue weighted by Crippen LogP contribution is 2.16. The van der Waals surface area contributed by atoms with Crippen LogP contribution in [-0.2, 0) is 16.0 Å². The lowest BCUT2D eigenvalue weighted by atomic mass is 10.1. The van der Waals surface area contributed by atoms with E-state index >= 15 is 0 Å². The molecule has 0 radical (unpaired) electrons. The van der Waals surface area contributed by atoms with Gasteiger partial charge < -0.3 is 19.9 Å². The first-order valence-electron chi connectivity index (χ1n) is 10.1. The van der Waals surface area contributed by atoms with Gasteiger partial charge in [-0.25, -0.2) is 0 Å². The number of rotatable bonds is 6. The topological polar surface area (TPSA) is 79.0 Å². The molecule has 7 heteroatoms. The normalized spacial score (nSPS) is 13.7. The number of ether oxygens (including phenoxy) is 1. The zero-order valence-corrected chi connectivity index (χ0v) is 17.4. The minimum absolute atomic E-state index is 0.0546. The molecule has 1 fully saturated rings. The molecule has 0 aromatic heterocycles. The average molecular weight is 409 g/mol. The zero-order chi connectivity index (χ0) is 21.5. The Morgan fingerprint density at radius 3 is 2.27 bits per heavy atom. The first-order chi connectivity index (χ1) is 14.5. The quantitative estimate of drug-likeness (QED) is 0.795. The number of amides is 3. The lowest BCUT2D eigenvalue weighted by molar-refractivity contribution is -0.131. The van der Waals surface area contributed by atoms with Crippen LogP contribution >= 0.6 is 0 Å². The lowest BCUT2D eigenvalue weighted by Crippen LogP contribution is -2.51. The summed E-state index contributed by atoms with van der Waals surface area (Å²) in [6.07, 6.45) is 0.332. The predicted octanol–water partition coefficient (Wildman–Crippen LogP) is 2.57. The Bertz CT molecular complexity index is 903. The van der Waals surface area contributed by atoms with Gasteiger partial charge in [0.15, 0.2) is 0 Å². The molecule has 2 aromatic rings. The number of nitrogens with zero attached hydrogens (tertiary/aromatic N) is 2. The summed E-state index contributed by atoms with van der Waals surface area (Å²) in [5, 5.41) is 2.69. The van der Waals surface area contributed by atoms with Crippen LogP contribution in [-0.4, -0.2) is 60.3 Å². The highest BCUT2D eigenvalue weighted by Gasteiger charge is 2.25. The Hall–Kier alpha value is -3.35. The lowest BCUT2D eigenvalue weighted by Gasteiger charge is -2.35. The van der Waals surface area contributed by atoms with E-state index in [1.165, 1.54) is 6.92 Å². The van der Waals surface area contributed by atoms with Crippen molar-refractivity contribution in [2.45, 2.75) is 20.3 Å². The van der Waals surface area contributed by atoms with Crippen molar-refractivity contribution in [1.29, 1.82) is 0 Å². The summed E-state index contributed by atoms with van der Waals surface area (Å²) in [6.45, 7) is 5.95. The van der Waals surface area contributed by atoms with Crippen LogP contribution in [0.5, 0.6) is 5.75 Å². The number of carbonyl (C=O) groups is 3. The van der Waals surface area contributed by atoms with Gasteiger partial charge in [0, 0.05) is 44.4 Å². The molecular formula is C23H27N3O4. The summed E-state index contributed by atoms with van der Waals surface area (Å²) < 4.78 is 5.43. The molecule has 30 heavy (non-hydrogen) atoms. The Morgan fingerprint density at radius 2 is 1.63 bits per heavy atom. The van der Waals surface area contributed by atoms with E-state index in [0.29, 0.717) is 50.5 Å². The minimum Gasteiger partial charge on any atom is -0.494 e. The third-order valence-electron chi connectivity index (χ3n) is 4.94. The van der Waals surface area contributed by atoms with Crippen molar-refractivity contribution in [2.75, 3.05) is 38.1 Å². The molecule has 158 valence electrons. The Morgan fingerprint density at radius 1 is 0.967 bits per heavy atom. The van der Waals surface area contributed by atoms with Gasteiger partial charge in [0.2, 0.25) is 11.8 Å². The second kappa shape index (κ2) is 9.91. The summed E-state index contributed by atoms with van der Waals surface area (Å²) in [5.41, 5.74) is 2.06. The van der Waals surface area contributed by atoms with E-state index in [-0.39, 0.29) is 17.7 Å². The van der Waals surface area contributed by atoms with Crippen molar-refractivity contribution in [2.24, 2.45) is 0 Å². The summed E-state index contributed by atoms with van der Waals surface area (Å²) in [6, 6.07) is 14.5. The van der Waals surface area contributed by atoms with Gasteiger partial charge in [0.05, 0.1) is 13.0 Å². The fraction of sp³-hybridized carbons (Fsp3) is 0.348. The molecule has 1 heterocycles. The van der Waals surface area contributed by atoms with E-state index in [1.807, 2.05) is 31.2 Å². The predicted molar refractivity (Wildman–Crippen MR) is 115 cm³/mol. The Labute approximate surface area is 176 Å². The molecule has 1 aliphatic rings. The molecule has 0 bridgehead atoms. The summed E-state index contributed by atoms with van der Waals surface area (Å²) in [5.74, 6) is 0.572. The highest BCUT2D eigenvalue weighted by atomic mass is 16.5. The van der Waals surface area contributed by atoms with E-state index in [1.54, 1.807) is 34.1 Å². The molecule has 3 rings (SSSR count). The second-order valence-electron chi connectivity index (χ2n) is 7.19.